The number of para-hydroxylation sites is 1. The van der Waals surface area contributed by atoms with E-state index in [4.69, 9.17) is 12.2 Å². The predicted octanol–water partition coefficient (Wildman–Crippen LogP) is 2.98. The summed E-state index contributed by atoms with van der Waals surface area (Å²) in [6, 6.07) is 15.7. The molecule has 1 amide bonds. The Kier molecular flexibility index (Phi) is 5.05. The van der Waals surface area contributed by atoms with Crippen LogP contribution >= 0.6 is 12.2 Å². The number of hydrogen-bond acceptors (Lipinski definition) is 2. The number of halogens is 1. The Balaban J connectivity index is 1.56. The Hall–Kier alpha value is -2.47. The number of piperazine rings is 1. The third-order valence-corrected chi connectivity index (χ3v) is 4.35. The molecule has 1 heterocycles. The average molecular weight is 343 g/mol. The van der Waals surface area contributed by atoms with E-state index < -0.39 is 0 Å². The van der Waals surface area contributed by atoms with Gasteiger partial charge in [0.05, 0.1) is 5.69 Å². The standard InChI is InChI=1S/C18H18FN3OS/c19-15-8-4-5-9-16(15)20-18(24)22-12-10-21(11-13-22)17(23)14-6-2-1-3-7-14/h1-9H,10-13H2,(H,20,24). The Morgan fingerprint density at radius 3 is 2.17 bits per heavy atom. The van der Waals surface area contributed by atoms with Gasteiger partial charge in [-0.3, -0.25) is 4.79 Å². The van der Waals surface area contributed by atoms with Gasteiger partial charge in [-0.05, 0) is 36.5 Å². The van der Waals surface area contributed by atoms with Crippen LogP contribution in [0.5, 0.6) is 0 Å². The average Bonchev–Trinajstić information content (AvgIpc) is 2.64. The third kappa shape index (κ3) is 3.71. The molecule has 1 aliphatic rings. The van der Waals surface area contributed by atoms with Crippen molar-refractivity contribution in [1.29, 1.82) is 0 Å². The number of nitrogens with one attached hydrogen (secondary N) is 1. The van der Waals surface area contributed by atoms with Crippen molar-refractivity contribution in [2.24, 2.45) is 0 Å². The summed E-state index contributed by atoms with van der Waals surface area (Å²) >= 11 is 5.36. The zero-order valence-electron chi connectivity index (χ0n) is 13.1. The van der Waals surface area contributed by atoms with Gasteiger partial charge in [0.25, 0.3) is 5.91 Å². The number of benzene rings is 2. The molecule has 0 radical (unpaired) electrons. The monoisotopic (exact) mass is 343 g/mol. The molecule has 0 saturated carbocycles. The molecule has 0 aromatic heterocycles. The minimum absolute atomic E-state index is 0.0308. The highest BCUT2D eigenvalue weighted by Gasteiger charge is 2.23. The van der Waals surface area contributed by atoms with Crippen LogP contribution in [0.3, 0.4) is 0 Å². The van der Waals surface area contributed by atoms with Crippen molar-refractivity contribution in [2.45, 2.75) is 0 Å². The highest BCUT2D eigenvalue weighted by atomic mass is 32.1. The van der Waals surface area contributed by atoms with E-state index >= 15 is 0 Å². The Bertz CT molecular complexity index is 730. The van der Waals surface area contributed by atoms with Crippen LogP contribution in [0.1, 0.15) is 10.4 Å². The number of carbonyl (C=O) groups excluding carboxylic acids is 1. The Labute approximate surface area is 145 Å². The molecule has 1 N–H and O–H groups in total. The Morgan fingerprint density at radius 2 is 1.50 bits per heavy atom. The van der Waals surface area contributed by atoms with E-state index in [0.717, 1.165) is 0 Å². The molecule has 1 fully saturated rings. The summed E-state index contributed by atoms with van der Waals surface area (Å²) < 4.78 is 13.7. The highest BCUT2D eigenvalue weighted by Crippen LogP contribution is 2.15. The molecule has 124 valence electrons. The molecule has 0 unspecified atom stereocenters. The van der Waals surface area contributed by atoms with Crippen molar-refractivity contribution in [3.8, 4) is 0 Å². The lowest BCUT2D eigenvalue weighted by atomic mass is 10.2. The van der Waals surface area contributed by atoms with E-state index in [-0.39, 0.29) is 11.7 Å². The SMILES string of the molecule is O=C(c1ccccc1)N1CCN(C(=S)Nc2ccccc2F)CC1. The van der Waals surface area contributed by atoms with Crippen molar-refractivity contribution < 1.29 is 9.18 Å². The largest absolute Gasteiger partial charge is 0.345 e. The minimum atomic E-state index is -0.335. The van der Waals surface area contributed by atoms with Crippen molar-refractivity contribution in [1.82, 2.24) is 9.80 Å². The molecule has 0 spiro atoms. The third-order valence-electron chi connectivity index (χ3n) is 3.99. The van der Waals surface area contributed by atoms with Gasteiger partial charge in [-0.2, -0.15) is 0 Å². The van der Waals surface area contributed by atoms with Crippen LogP contribution in [-0.4, -0.2) is 47.0 Å². The van der Waals surface area contributed by atoms with E-state index in [2.05, 4.69) is 5.32 Å². The molecule has 6 heteroatoms. The molecule has 1 saturated heterocycles. The van der Waals surface area contributed by atoms with Crippen LogP contribution < -0.4 is 5.32 Å². The molecule has 2 aromatic carbocycles. The summed E-state index contributed by atoms with van der Waals surface area (Å²) in [7, 11) is 0. The van der Waals surface area contributed by atoms with Gasteiger partial charge in [-0.15, -0.1) is 0 Å². The van der Waals surface area contributed by atoms with Gasteiger partial charge in [-0.25, -0.2) is 4.39 Å². The van der Waals surface area contributed by atoms with Gasteiger partial charge in [0.1, 0.15) is 5.82 Å². The second-order valence-electron chi connectivity index (χ2n) is 5.56. The topological polar surface area (TPSA) is 35.6 Å². The zero-order chi connectivity index (χ0) is 16.9. The molecule has 4 nitrogen and oxygen atoms in total. The number of anilines is 1. The van der Waals surface area contributed by atoms with E-state index in [9.17, 15) is 9.18 Å². The molecule has 1 aliphatic heterocycles. The predicted molar refractivity (Wildman–Crippen MR) is 96.5 cm³/mol. The molecule has 0 atom stereocenters. The highest BCUT2D eigenvalue weighted by molar-refractivity contribution is 7.80. The molecule has 2 aromatic rings. The number of rotatable bonds is 2. The summed E-state index contributed by atoms with van der Waals surface area (Å²) in [6.45, 7) is 2.43. The molecule has 0 bridgehead atoms. The number of thiocarbonyl (C=S) groups is 1. The van der Waals surface area contributed by atoms with Crippen molar-refractivity contribution >= 4 is 28.9 Å². The van der Waals surface area contributed by atoms with E-state index in [1.54, 1.807) is 18.2 Å². The molecule has 24 heavy (non-hydrogen) atoms. The van der Waals surface area contributed by atoms with Crippen LogP contribution in [0.2, 0.25) is 0 Å². The van der Waals surface area contributed by atoms with Crippen LogP contribution in [0.25, 0.3) is 0 Å². The number of amides is 1. The smallest absolute Gasteiger partial charge is 0.253 e. The molecular formula is C18H18FN3OS. The van der Waals surface area contributed by atoms with Crippen molar-refractivity contribution in [2.75, 3.05) is 31.5 Å². The fourth-order valence-electron chi connectivity index (χ4n) is 2.63. The van der Waals surface area contributed by atoms with Gasteiger partial charge in [-0.1, -0.05) is 30.3 Å². The summed E-state index contributed by atoms with van der Waals surface area (Å²) in [4.78, 5) is 16.2. The first-order valence-electron chi connectivity index (χ1n) is 7.80. The normalized spacial score (nSPS) is 14.4. The van der Waals surface area contributed by atoms with Crippen LogP contribution in [0.15, 0.2) is 54.6 Å². The molecule has 0 aliphatic carbocycles. The summed E-state index contributed by atoms with van der Waals surface area (Å²) in [6.07, 6.45) is 0. The maximum absolute atomic E-state index is 13.7. The number of nitrogens with zero attached hydrogens (tertiary/aromatic N) is 2. The first-order chi connectivity index (χ1) is 11.6. The fourth-order valence-corrected chi connectivity index (χ4v) is 2.93. The first kappa shape index (κ1) is 16.4. The second-order valence-corrected chi connectivity index (χ2v) is 5.94. The van der Waals surface area contributed by atoms with Gasteiger partial charge in [0.15, 0.2) is 5.11 Å². The summed E-state index contributed by atoms with van der Waals surface area (Å²) in [5.74, 6) is -0.305. The number of carbonyl (C=O) groups is 1. The van der Waals surface area contributed by atoms with Crippen molar-refractivity contribution in [3.05, 3.63) is 66.0 Å². The summed E-state index contributed by atoms with van der Waals surface area (Å²) in [5, 5.41) is 3.41. The quantitative estimate of drug-likeness (QED) is 0.851. The lowest BCUT2D eigenvalue weighted by Gasteiger charge is -2.36. The van der Waals surface area contributed by atoms with E-state index in [0.29, 0.717) is 42.5 Å². The van der Waals surface area contributed by atoms with Gasteiger partial charge >= 0.3 is 0 Å². The lowest BCUT2D eigenvalue weighted by molar-refractivity contribution is 0.0693. The Morgan fingerprint density at radius 1 is 0.917 bits per heavy atom. The lowest BCUT2D eigenvalue weighted by Crippen LogP contribution is -2.51. The maximum Gasteiger partial charge on any atom is 0.253 e. The van der Waals surface area contributed by atoms with Crippen molar-refractivity contribution in [3.63, 3.8) is 0 Å². The fraction of sp³-hybridized carbons (Fsp3) is 0.222. The van der Waals surface area contributed by atoms with Crippen LogP contribution in [-0.2, 0) is 0 Å². The zero-order valence-corrected chi connectivity index (χ0v) is 13.9. The van der Waals surface area contributed by atoms with Gasteiger partial charge in [0, 0.05) is 31.7 Å². The minimum Gasteiger partial charge on any atom is -0.345 e. The maximum atomic E-state index is 13.7. The van der Waals surface area contributed by atoms with Gasteiger partial charge in [0.2, 0.25) is 0 Å². The van der Waals surface area contributed by atoms with Crippen LogP contribution in [0.4, 0.5) is 10.1 Å². The van der Waals surface area contributed by atoms with Crippen LogP contribution in [0, 0.1) is 5.82 Å². The van der Waals surface area contributed by atoms with E-state index in [1.165, 1.54) is 6.07 Å². The first-order valence-corrected chi connectivity index (χ1v) is 8.21. The summed E-state index contributed by atoms with van der Waals surface area (Å²) in [5.41, 5.74) is 1.06. The number of hydrogen-bond donors (Lipinski definition) is 1. The molecule has 3 rings (SSSR count). The van der Waals surface area contributed by atoms with Gasteiger partial charge < -0.3 is 15.1 Å². The second kappa shape index (κ2) is 7.40. The van der Waals surface area contributed by atoms with E-state index in [1.807, 2.05) is 40.1 Å². The molecular weight excluding hydrogens is 325 g/mol.